The van der Waals surface area contributed by atoms with E-state index in [0.717, 1.165) is 18.8 Å². The first-order chi connectivity index (χ1) is 9.05. The van der Waals surface area contributed by atoms with Gasteiger partial charge in [-0.1, -0.05) is 0 Å². The Morgan fingerprint density at radius 1 is 1.53 bits per heavy atom. The molecule has 1 saturated heterocycles. The highest BCUT2D eigenvalue weighted by Crippen LogP contribution is 2.16. The third-order valence-corrected chi connectivity index (χ3v) is 3.11. The minimum atomic E-state index is -0.483. The van der Waals surface area contributed by atoms with Crippen LogP contribution in [0.5, 0.6) is 0 Å². The van der Waals surface area contributed by atoms with Crippen LogP contribution in [-0.4, -0.2) is 54.6 Å². The lowest BCUT2D eigenvalue weighted by atomic mass is 10.1. The first-order valence-corrected chi connectivity index (χ1v) is 6.70. The fraction of sp³-hybridized carbons (Fsp3) is 0.714. The Bertz CT molecular complexity index is 364. The second kappa shape index (κ2) is 6.52. The first kappa shape index (κ1) is 14.5. The van der Waals surface area contributed by atoms with Crippen molar-refractivity contribution < 1.29 is 19.0 Å². The number of ether oxygens (including phenoxy) is 2. The van der Waals surface area contributed by atoms with Crippen molar-refractivity contribution >= 4 is 0 Å². The van der Waals surface area contributed by atoms with Crippen molar-refractivity contribution in [1.82, 2.24) is 4.90 Å². The van der Waals surface area contributed by atoms with Crippen LogP contribution in [0.2, 0.25) is 0 Å². The van der Waals surface area contributed by atoms with E-state index >= 15 is 0 Å². The number of furan rings is 1. The zero-order chi connectivity index (χ0) is 13.7. The molecule has 5 heteroatoms. The van der Waals surface area contributed by atoms with Crippen LogP contribution in [0.4, 0.5) is 0 Å². The molecule has 1 aromatic heterocycles. The molecule has 5 nitrogen and oxygen atoms in total. The zero-order valence-corrected chi connectivity index (χ0v) is 11.7. The van der Waals surface area contributed by atoms with Crippen molar-refractivity contribution in [2.45, 2.75) is 32.2 Å². The third kappa shape index (κ3) is 4.95. The summed E-state index contributed by atoms with van der Waals surface area (Å²) in [5, 5.41) is 9.96. The summed E-state index contributed by atoms with van der Waals surface area (Å²) in [6, 6.07) is 3.68. The van der Waals surface area contributed by atoms with Crippen LogP contribution in [0.3, 0.4) is 0 Å². The number of morpholine rings is 1. The molecule has 1 fully saturated rings. The standard InChI is InChI=1S/C14H23NO4/c1-14(2)11-15(5-7-19-14)8-12(16)9-17-10-13-4-3-6-18-13/h3-4,6,12,16H,5,7-11H2,1-2H3. The molecule has 0 amide bonds. The normalized spacial score (nSPS) is 21.4. The van der Waals surface area contributed by atoms with E-state index in [1.54, 1.807) is 6.26 Å². The van der Waals surface area contributed by atoms with Crippen LogP contribution < -0.4 is 0 Å². The molecule has 108 valence electrons. The van der Waals surface area contributed by atoms with E-state index in [4.69, 9.17) is 13.9 Å². The van der Waals surface area contributed by atoms with Gasteiger partial charge in [0, 0.05) is 19.6 Å². The highest BCUT2D eigenvalue weighted by Gasteiger charge is 2.28. The van der Waals surface area contributed by atoms with Crippen LogP contribution in [0.1, 0.15) is 19.6 Å². The van der Waals surface area contributed by atoms with Crippen LogP contribution in [-0.2, 0) is 16.1 Å². The molecule has 2 heterocycles. The van der Waals surface area contributed by atoms with Crippen LogP contribution in [0.15, 0.2) is 22.8 Å². The van der Waals surface area contributed by atoms with E-state index in [1.165, 1.54) is 0 Å². The van der Waals surface area contributed by atoms with Crippen molar-refractivity contribution in [1.29, 1.82) is 0 Å². The molecule has 19 heavy (non-hydrogen) atoms. The topological polar surface area (TPSA) is 55.1 Å². The van der Waals surface area contributed by atoms with Gasteiger partial charge in [0.2, 0.25) is 0 Å². The fourth-order valence-electron chi connectivity index (χ4n) is 2.31. The Labute approximate surface area is 114 Å². The van der Waals surface area contributed by atoms with Crippen LogP contribution in [0.25, 0.3) is 0 Å². The molecular weight excluding hydrogens is 246 g/mol. The molecule has 0 saturated carbocycles. The average Bonchev–Trinajstić information content (AvgIpc) is 2.80. The van der Waals surface area contributed by atoms with Gasteiger partial charge in [-0.2, -0.15) is 0 Å². The van der Waals surface area contributed by atoms with E-state index in [0.29, 0.717) is 26.4 Å². The van der Waals surface area contributed by atoms with Crippen molar-refractivity contribution in [3.8, 4) is 0 Å². The SMILES string of the molecule is CC1(C)CN(CC(O)COCc2ccco2)CCO1. The quantitative estimate of drug-likeness (QED) is 0.843. The van der Waals surface area contributed by atoms with Gasteiger partial charge in [-0.25, -0.2) is 0 Å². The van der Waals surface area contributed by atoms with E-state index in [1.807, 2.05) is 12.1 Å². The lowest BCUT2D eigenvalue weighted by Crippen LogP contribution is -2.50. The van der Waals surface area contributed by atoms with Gasteiger partial charge < -0.3 is 19.0 Å². The number of nitrogens with zero attached hydrogens (tertiary/aromatic N) is 1. The van der Waals surface area contributed by atoms with E-state index in [-0.39, 0.29) is 5.60 Å². The predicted molar refractivity (Wildman–Crippen MR) is 70.8 cm³/mol. The Hall–Kier alpha value is -0.880. The zero-order valence-electron chi connectivity index (χ0n) is 11.7. The van der Waals surface area contributed by atoms with Crippen LogP contribution in [0, 0.1) is 0 Å². The van der Waals surface area contributed by atoms with E-state index < -0.39 is 6.10 Å². The Morgan fingerprint density at radius 2 is 2.37 bits per heavy atom. The van der Waals surface area contributed by atoms with Crippen molar-refractivity contribution in [2.75, 3.05) is 32.8 Å². The lowest BCUT2D eigenvalue weighted by Gasteiger charge is -2.38. The number of hydrogen-bond acceptors (Lipinski definition) is 5. The summed E-state index contributed by atoms with van der Waals surface area (Å²) in [7, 11) is 0. The molecule has 1 aliphatic heterocycles. The highest BCUT2D eigenvalue weighted by atomic mass is 16.5. The Balaban J connectivity index is 1.65. The molecule has 0 spiro atoms. The van der Waals surface area contributed by atoms with E-state index in [9.17, 15) is 5.11 Å². The molecule has 0 radical (unpaired) electrons. The van der Waals surface area contributed by atoms with Gasteiger partial charge in [-0.15, -0.1) is 0 Å². The van der Waals surface area contributed by atoms with Gasteiger partial charge in [0.05, 0.1) is 31.2 Å². The third-order valence-electron chi connectivity index (χ3n) is 3.11. The summed E-state index contributed by atoms with van der Waals surface area (Å²) >= 11 is 0. The lowest BCUT2D eigenvalue weighted by molar-refractivity contribution is -0.0978. The maximum absolute atomic E-state index is 9.96. The van der Waals surface area contributed by atoms with Gasteiger partial charge in [0.15, 0.2) is 0 Å². The van der Waals surface area contributed by atoms with Gasteiger partial charge in [0.1, 0.15) is 12.4 Å². The molecule has 1 unspecified atom stereocenters. The highest BCUT2D eigenvalue weighted by molar-refractivity contribution is 4.96. The smallest absolute Gasteiger partial charge is 0.129 e. The summed E-state index contributed by atoms with van der Waals surface area (Å²) in [4.78, 5) is 2.21. The molecule has 1 N–H and O–H groups in total. The molecule has 2 rings (SSSR count). The first-order valence-electron chi connectivity index (χ1n) is 6.70. The van der Waals surface area contributed by atoms with Crippen molar-refractivity contribution in [3.05, 3.63) is 24.2 Å². The Morgan fingerprint density at radius 3 is 3.05 bits per heavy atom. The second-order valence-corrected chi connectivity index (χ2v) is 5.59. The van der Waals surface area contributed by atoms with Crippen molar-refractivity contribution in [3.63, 3.8) is 0 Å². The van der Waals surface area contributed by atoms with E-state index in [2.05, 4.69) is 18.7 Å². The minimum Gasteiger partial charge on any atom is -0.467 e. The molecule has 0 bridgehead atoms. The van der Waals surface area contributed by atoms with Crippen molar-refractivity contribution in [2.24, 2.45) is 0 Å². The van der Waals surface area contributed by atoms with Gasteiger partial charge in [0.25, 0.3) is 0 Å². The largest absolute Gasteiger partial charge is 0.467 e. The number of β-amino-alcohol motifs (C(OH)–C–C–N with tert-alkyl or cyclic N) is 1. The van der Waals surface area contributed by atoms with Gasteiger partial charge in [-0.3, -0.25) is 4.90 Å². The fourth-order valence-corrected chi connectivity index (χ4v) is 2.31. The number of hydrogen-bond donors (Lipinski definition) is 1. The molecule has 0 aromatic carbocycles. The number of aliphatic hydroxyl groups excluding tert-OH is 1. The van der Waals surface area contributed by atoms with Gasteiger partial charge in [-0.05, 0) is 26.0 Å². The number of aliphatic hydroxyl groups is 1. The van der Waals surface area contributed by atoms with Crippen LogP contribution >= 0.6 is 0 Å². The molecule has 1 atom stereocenters. The summed E-state index contributed by atoms with van der Waals surface area (Å²) in [6.07, 6.45) is 1.13. The molecule has 0 aliphatic carbocycles. The maximum Gasteiger partial charge on any atom is 0.129 e. The number of rotatable bonds is 6. The Kier molecular flexibility index (Phi) is 4.99. The summed E-state index contributed by atoms with van der Waals surface area (Å²) in [6.45, 7) is 7.88. The molecule has 1 aliphatic rings. The molecular formula is C14H23NO4. The summed E-state index contributed by atoms with van der Waals surface area (Å²) < 4.78 is 16.2. The summed E-state index contributed by atoms with van der Waals surface area (Å²) in [5.41, 5.74) is -0.132. The summed E-state index contributed by atoms with van der Waals surface area (Å²) in [5.74, 6) is 0.778. The predicted octanol–water partition coefficient (Wildman–Crippen LogP) is 1.27. The average molecular weight is 269 g/mol. The second-order valence-electron chi connectivity index (χ2n) is 5.59. The molecule has 1 aromatic rings. The monoisotopic (exact) mass is 269 g/mol. The minimum absolute atomic E-state index is 0.132. The van der Waals surface area contributed by atoms with Gasteiger partial charge >= 0.3 is 0 Å². The maximum atomic E-state index is 9.96.